The van der Waals surface area contributed by atoms with Crippen molar-refractivity contribution >= 4 is 29.9 Å². The Labute approximate surface area is 168 Å². The van der Waals surface area contributed by atoms with E-state index in [1.165, 1.54) is 22.4 Å². The van der Waals surface area contributed by atoms with Crippen LogP contribution in [0.4, 0.5) is 0 Å². The van der Waals surface area contributed by atoms with E-state index >= 15 is 0 Å². The van der Waals surface area contributed by atoms with Crippen molar-refractivity contribution in [1.29, 1.82) is 0 Å². The van der Waals surface area contributed by atoms with E-state index in [0.717, 1.165) is 24.7 Å². The number of rotatable bonds is 5. The van der Waals surface area contributed by atoms with E-state index in [1.54, 1.807) is 7.05 Å². The van der Waals surface area contributed by atoms with Crippen LogP contribution in [-0.4, -0.2) is 29.3 Å². The smallest absolute Gasteiger partial charge is 0.191 e. The highest BCUT2D eigenvalue weighted by Gasteiger charge is 2.10. The summed E-state index contributed by atoms with van der Waals surface area (Å²) in [6.45, 7) is 10.0. The van der Waals surface area contributed by atoms with Gasteiger partial charge in [-0.1, -0.05) is 36.8 Å². The molecule has 0 fully saturated rings. The lowest BCUT2D eigenvalue weighted by Crippen LogP contribution is -2.38. The summed E-state index contributed by atoms with van der Waals surface area (Å²) < 4.78 is 1.92. The molecule has 1 aromatic carbocycles. The van der Waals surface area contributed by atoms with Gasteiger partial charge in [0.05, 0.1) is 5.69 Å². The molecule has 0 radical (unpaired) electrons. The number of aliphatic imine (C=N–C) groups is 1. The minimum absolute atomic E-state index is 0. The number of hydrogen-bond acceptors (Lipinski definition) is 2. The van der Waals surface area contributed by atoms with Gasteiger partial charge in [0.25, 0.3) is 0 Å². The molecule has 138 valence electrons. The number of nitrogens with zero attached hydrogens (tertiary/aromatic N) is 3. The van der Waals surface area contributed by atoms with Crippen LogP contribution in [0.3, 0.4) is 0 Å². The molecule has 5 nitrogen and oxygen atoms in total. The van der Waals surface area contributed by atoms with Gasteiger partial charge in [-0.15, -0.1) is 24.0 Å². The zero-order chi connectivity index (χ0) is 17.7. The fourth-order valence-electron chi connectivity index (χ4n) is 2.73. The van der Waals surface area contributed by atoms with Gasteiger partial charge < -0.3 is 10.6 Å². The first-order valence-electron chi connectivity index (χ1n) is 8.42. The van der Waals surface area contributed by atoms with Gasteiger partial charge in [0, 0.05) is 38.4 Å². The SMILES string of the molecule is CN=C(NCc1c(C)nn(C)c1C)NCC(C)c1ccc(C)cc1.I. The molecule has 0 aliphatic heterocycles. The summed E-state index contributed by atoms with van der Waals surface area (Å²) >= 11 is 0. The van der Waals surface area contributed by atoms with E-state index in [4.69, 9.17) is 0 Å². The Kier molecular flexibility index (Phi) is 8.41. The first-order chi connectivity index (χ1) is 11.4. The molecule has 6 heteroatoms. The molecule has 0 bridgehead atoms. The molecular formula is C19H30IN5. The van der Waals surface area contributed by atoms with Crippen LogP contribution in [0.25, 0.3) is 0 Å². The van der Waals surface area contributed by atoms with E-state index in [-0.39, 0.29) is 24.0 Å². The van der Waals surface area contributed by atoms with Crippen LogP contribution in [0.1, 0.15) is 40.9 Å². The number of benzene rings is 1. The van der Waals surface area contributed by atoms with Gasteiger partial charge >= 0.3 is 0 Å². The van der Waals surface area contributed by atoms with E-state index in [9.17, 15) is 0 Å². The second-order valence-electron chi connectivity index (χ2n) is 6.39. The van der Waals surface area contributed by atoms with Crippen LogP contribution in [0.2, 0.25) is 0 Å². The molecule has 0 saturated heterocycles. The first-order valence-corrected chi connectivity index (χ1v) is 8.42. The van der Waals surface area contributed by atoms with Crippen LogP contribution < -0.4 is 10.6 Å². The van der Waals surface area contributed by atoms with Crippen molar-refractivity contribution in [2.45, 2.75) is 40.2 Å². The maximum atomic E-state index is 4.45. The molecule has 1 aromatic heterocycles. The van der Waals surface area contributed by atoms with Crippen molar-refractivity contribution in [2.75, 3.05) is 13.6 Å². The normalized spacial score (nSPS) is 12.5. The topological polar surface area (TPSA) is 54.2 Å². The van der Waals surface area contributed by atoms with Crippen molar-refractivity contribution in [3.05, 3.63) is 52.3 Å². The number of nitrogens with one attached hydrogen (secondary N) is 2. The van der Waals surface area contributed by atoms with E-state index in [1.807, 2.05) is 18.7 Å². The van der Waals surface area contributed by atoms with Crippen molar-refractivity contribution in [1.82, 2.24) is 20.4 Å². The van der Waals surface area contributed by atoms with Gasteiger partial charge in [0.2, 0.25) is 0 Å². The molecule has 0 aliphatic rings. The van der Waals surface area contributed by atoms with Gasteiger partial charge in [-0.3, -0.25) is 9.67 Å². The Morgan fingerprint density at radius 2 is 1.80 bits per heavy atom. The standard InChI is InChI=1S/C19H29N5.HI/c1-13-7-9-17(10-8-13)14(2)11-21-19(20-5)22-12-18-15(3)23-24(6)16(18)4;/h7-10,14H,11-12H2,1-6H3,(H2,20,21,22);1H. The van der Waals surface area contributed by atoms with Crippen molar-refractivity contribution in [2.24, 2.45) is 12.0 Å². The van der Waals surface area contributed by atoms with Crippen molar-refractivity contribution < 1.29 is 0 Å². The maximum Gasteiger partial charge on any atom is 0.191 e. The van der Waals surface area contributed by atoms with Gasteiger partial charge in [0.1, 0.15) is 0 Å². The zero-order valence-electron chi connectivity index (χ0n) is 16.1. The molecule has 0 spiro atoms. The second-order valence-corrected chi connectivity index (χ2v) is 6.39. The number of aryl methyl sites for hydroxylation is 3. The molecule has 0 aliphatic carbocycles. The second kappa shape index (κ2) is 9.79. The van der Waals surface area contributed by atoms with E-state index < -0.39 is 0 Å². The lowest BCUT2D eigenvalue weighted by Gasteiger charge is -2.16. The summed E-state index contributed by atoms with van der Waals surface area (Å²) in [5, 5.41) is 11.2. The third-order valence-electron chi connectivity index (χ3n) is 4.54. The predicted octanol–water partition coefficient (Wildman–Crippen LogP) is 3.43. The average molecular weight is 455 g/mol. The molecule has 1 atom stereocenters. The fourth-order valence-corrected chi connectivity index (χ4v) is 2.73. The van der Waals surface area contributed by atoms with E-state index in [2.05, 4.69) is 65.8 Å². The van der Waals surface area contributed by atoms with Gasteiger partial charge in [-0.2, -0.15) is 5.10 Å². The predicted molar refractivity (Wildman–Crippen MR) is 116 cm³/mol. The summed E-state index contributed by atoms with van der Waals surface area (Å²) in [4.78, 5) is 4.32. The molecule has 2 rings (SSSR count). The van der Waals surface area contributed by atoms with Crippen molar-refractivity contribution in [3.8, 4) is 0 Å². The quantitative estimate of drug-likeness (QED) is 0.413. The van der Waals surface area contributed by atoms with Crippen LogP contribution in [0.5, 0.6) is 0 Å². The minimum Gasteiger partial charge on any atom is -0.356 e. The Morgan fingerprint density at radius 3 is 2.32 bits per heavy atom. The molecule has 25 heavy (non-hydrogen) atoms. The summed E-state index contributed by atoms with van der Waals surface area (Å²) in [5.74, 6) is 1.24. The van der Waals surface area contributed by atoms with Crippen molar-refractivity contribution in [3.63, 3.8) is 0 Å². The lowest BCUT2D eigenvalue weighted by molar-refractivity contribution is 0.697. The van der Waals surface area contributed by atoms with Gasteiger partial charge in [-0.25, -0.2) is 0 Å². The Bertz CT molecular complexity index is 703. The minimum atomic E-state index is 0. The molecule has 0 saturated carbocycles. The number of guanidine groups is 1. The highest BCUT2D eigenvalue weighted by molar-refractivity contribution is 14.0. The Balaban J connectivity index is 0.00000312. The highest BCUT2D eigenvalue weighted by atomic mass is 127. The van der Waals surface area contributed by atoms with Crippen LogP contribution in [0, 0.1) is 20.8 Å². The Hall–Kier alpha value is -1.57. The monoisotopic (exact) mass is 455 g/mol. The molecule has 1 unspecified atom stereocenters. The highest BCUT2D eigenvalue weighted by Crippen LogP contribution is 2.15. The summed E-state index contributed by atoms with van der Waals surface area (Å²) in [5.41, 5.74) is 6.10. The van der Waals surface area contributed by atoms with E-state index in [0.29, 0.717) is 5.92 Å². The van der Waals surface area contributed by atoms with Crippen LogP contribution in [-0.2, 0) is 13.6 Å². The van der Waals surface area contributed by atoms with Gasteiger partial charge in [0.15, 0.2) is 5.96 Å². The largest absolute Gasteiger partial charge is 0.356 e. The molecule has 2 aromatic rings. The lowest BCUT2D eigenvalue weighted by atomic mass is 10.0. The molecule has 2 N–H and O–H groups in total. The molecular weight excluding hydrogens is 425 g/mol. The first kappa shape index (κ1) is 21.5. The van der Waals surface area contributed by atoms with Crippen LogP contribution in [0.15, 0.2) is 29.3 Å². The summed E-state index contributed by atoms with van der Waals surface area (Å²) in [7, 11) is 3.77. The number of aromatic nitrogens is 2. The zero-order valence-corrected chi connectivity index (χ0v) is 18.4. The summed E-state index contributed by atoms with van der Waals surface area (Å²) in [6.07, 6.45) is 0. The fraction of sp³-hybridized carbons (Fsp3) is 0.474. The molecule has 1 heterocycles. The third-order valence-corrected chi connectivity index (χ3v) is 4.54. The average Bonchev–Trinajstić information content (AvgIpc) is 2.81. The molecule has 0 amide bonds. The Morgan fingerprint density at radius 1 is 1.16 bits per heavy atom. The van der Waals surface area contributed by atoms with Gasteiger partial charge in [-0.05, 0) is 32.3 Å². The maximum absolute atomic E-state index is 4.45. The third kappa shape index (κ3) is 5.73. The number of halogens is 1. The summed E-state index contributed by atoms with van der Waals surface area (Å²) in [6, 6.07) is 8.71. The van der Waals surface area contributed by atoms with Crippen LogP contribution >= 0.6 is 24.0 Å². The number of hydrogen-bond donors (Lipinski definition) is 2.